The molecule has 116 valence electrons. The zero-order valence-electron chi connectivity index (χ0n) is 11.8. The second kappa shape index (κ2) is 7.13. The fraction of sp³-hybridized carbons (Fsp3) is 0.0714. The van der Waals surface area contributed by atoms with Gasteiger partial charge in [0.15, 0.2) is 3.77 Å². The average molecular weight is 422 g/mol. The summed E-state index contributed by atoms with van der Waals surface area (Å²) >= 11 is 2.05. The van der Waals surface area contributed by atoms with Gasteiger partial charge in [0, 0.05) is 5.56 Å². The van der Waals surface area contributed by atoms with Crippen molar-refractivity contribution in [1.82, 2.24) is 25.6 Å². The van der Waals surface area contributed by atoms with Crippen LogP contribution in [0.1, 0.15) is 5.76 Å². The number of hydrazone groups is 1. The third-order valence-electron chi connectivity index (χ3n) is 2.74. The van der Waals surface area contributed by atoms with Gasteiger partial charge in [-0.25, -0.2) is 5.43 Å². The third kappa shape index (κ3) is 4.22. The fourth-order valence-electron chi connectivity index (χ4n) is 1.74. The first-order chi connectivity index (χ1) is 11.2. The highest BCUT2D eigenvalue weighted by atomic mass is 127. The largest absolute Gasteiger partial charge is 0.449 e. The van der Waals surface area contributed by atoms with E-state index in [9.17, 15) is 4.79 Å². The number of aromatic nitrogens is 4. The van der Waals surface area contributed by atoms with E-state index in [1.165, 1.54) is 11.0 Å². The Hall–Kier alpha value is -2.56. The second-order valence-corrected chi connectivity index (χ2v) is 5.51. The number of tetrazole rings is 1. The maximum atomic E-state index is 11.8. The standard InChI is InChI=1S/C14H11IN6O2/c15-12-7-6-11(23-12)8-16-17-13(22)9-21-19-14(18-20-21)10-4-2-1-3-5-10/h1-8H,9H2,(H,17,22)/b16-8-. The van der Waals surface area contributed by atoms with Crippen LogP contribution < -0.4 is 5.43 Å². The van der Waals surface area contributed by atoms with Crippen LogP contribution in [0.25, 0.3) is 11.4 Å². The van der Waals surface area contributed by atoms with Gasteiger partial charge in [0.1, 0.15) is 12.3 Å². The Bertz CT molecular complexity index is 827. The highest BCUT2D eigenvalue weighted by Gasteiger charge is 2.08. The molecule has 1 aromatic carbocycles. The molecular formula is C14H11IN6O2. The van der Waals surface area contributed by atoms with Crippen molar-refractivity contribution in [2.24, 2.45) is 5.10 Å². The van der Waals surface area contributed by atoms with Crippen LogP contribution in [0.4, 0.5) is 0 Å². The van der Waals surface area contributed by atoms with E-state index in [1.807, 2.05) is 52.9 Å². The van der Waals surface area contributed by atoms with Gasteiger partial charge in [-0.2, -0.15) is 9.90 Å². The van der Waals surface area contributed by atoms with Crippen LogP contribution in [0.5, 0.6) is 0 Å². The minimum Gasteiger partial charge on any atom is -0.449 e. The van der Waals surface area contributed by atoms with E-state index in [-0.39, 0.29) is 12.5 Å². The molecule has 0 unspecified atom stereocenters. The van der Waals surface area contributed by atoms with Gasteiger partial charge in [-0.3, -0.25) is 4.79 Å². The zero-order valence-corrected chi connectivity index (χ0v) is 13.9. The zero-order chi connectivity index (χ0) is 16.1. The Morgan fingerprint density at radius 3 is 2.87 bits per heavy atom. The first-order valence-corrected chi connectivity index (χ1v) is 7.69. The van der Waals surface area contributed by atoms with Crippen LogP contribution in [0.15, 0.2) is 52.0 Å². The number of furan rings is 1. The molecule has 3 aromatic rings. The molecule has 9 heteroatoms. The number of rotatable bonds is 5. The summed E-state index contributed by atoms with van der Waals surface area (Å²) in [6.07, 6.45) is 1.42. The van der Waals surface area contributed by atoms with Crippen LogP contribution >= 0.6 is 22.6 Å². The van der Waals surface area contributed by atoms with Gasteiger partial charge in [0.2, 0.25) is 5.82 Å². The lowest BCUT2D eigenvalue weighted by atomic mass is 10.2. The Balaban J connectivity index is 1.56. The van der Waals surface area contributed by atoms with Crippen LogP contribution in [0, 0.1) is 3.77 Å². The number of amides is 1. The average Bonchev–Trinajstić information content (AvgIpc) is 3.17. The summed E-state index contributed by atoms with van der Waals surface area (Å²) in [5.74, 6) is 0.659. The van der Waals surface area contributed by atoms with Gasteiger partial charge in [-0.05, 0) is 39.9 Å². The van der Waals surface area contributed by atoms with Gasteiger partial charge in [-0.1, -0.05) is 30.3 Å². The second-order valence-electron chi connectivity index (χ2n) is 4.44. The topological polar surface area (TPSA) is 98.2 Å². The summed E-state index contributed by atoms with van der Waals surface area (Å²) in [5.41, 5.74) is 3.21. The van der Waals surface area contributed by atoms with E-state index in [2.05, 4.69) is 25.9 Å². The molecule has 0 spiro atoms. The molecule has 0 aliphatic carbocycles. The molecule has 2 aromatic heterocycles. The minimum atomic E-state index is -0.362. The van der Waals surface area contributed by atoms with E-state index in [0.29, 0.717) is 11.6 Å². The monoisotopic (exact) mass is 422 g/mol. The van der Waals surface area contributed by atoms with Crippen LogP contribution in [0.2, 0.25) is 0 Å². The van der Waals surface area contributed by atoms with Crippen LogP contribution in [-0.4, -0.2) is 32.3 Å². The summed E-state index contributed by atoms with van der Waals surface area (Å²) < 4.78 is 6.03. The first kappa shape index (κ1) is 15.3. The Morgan fingerprint density at radius 2 is 2.13 bits per heavy atom. The van der Waals surface area contributed by atoms with Gasteiger partial charge < -0.3 is 4.42 Å². The van der Waals surface area contributed by atoms with Crippen LogP contribution in [0.3, 0.4) is 0 Å². The van der Waals surface area contributed by atoms with Crippen molar-refractivity contribution in [3.8, 4) is 11.4 Å². The van der Waals surface area contributed by atoms with Gasteiger partial charge in [0.25, 0.3) is 5.91 Å². The molecule has 0 aliphatic heterocycles. The normalized spacial score (nSPS) is 11.0. The Labute approximate surface area is 144 Å². The molecule has 8 nitrogen and oxygen atoms in total. The molecule has 0 aliphatic rings. The number of hydrogen-bond acceptors (Lipinski definition) is 6. The summed E-state index contributed by atoms with van der Waals surface area (Å²) in [6, 6.07) is 13.0. The van der Waals surface area contributed by atoms with Gasteiger partial charge in [-0.15, -0.1) is 10.2 Å². The summed E-state index contributed by atoms with van der Waals surface area (Å²) in [7, 11) is 0. The lowest BCUT2D eigenvalue weighted by Gasteiger charge is -1.97. The van der Waals surface area contributed by atoms with Crippen molar-refractivity contribution < 1.29 is 9.21 Å². The number of hydrogen-bond donors (Lipinski definition) is 1. The molecule has 0 saturated carbocycles. The van der Waals surface area contributed by atoms with Crippen molar-refractivity contribution in [3.63, 3.8) is 0 Å². The predicted molar refractivity (Wildman–Crippen MR) is 90.4 cm³/mol. The Kier molecular flexibility index (Phi) is 4.76. The smallest absolute Gasteiger partial charge is 0.263 e. The van der Waals surface area contributed by atoms with Crippen molar-refractivity contribution in [3.05, 3.63) is 52.0 Å². The molecule has 3 rings (SSSR count). The number of carbonyl (C=O) groups excluding carboxylic acids is 1. The van der Waals surface area contributed by atoms with E-state index in [0.717, 1.165) is 9.33 Å². The lowest BCUT2D eigenvalue weighted by molar-refractivity contribution is -0.122. The highest BCUT2D eigenvalue weighted by Crippen LogP contribution is 2.11. The number of nitrogens with zero attached hydrogens (tertiary/aromatic N) is 5. The highest BCUT2D eigenvalue weighted by molar-refractivity contribution is 14.1. The fourth-order valence-corrected chi connectivity index (χ4v) is 2.18. The maximum Gasteiger partial charge on any atom is 0.263 e. The number of carbonyl (C=O) groups is 1. The van der Waals surface area contributed by atoms with Crippen molar-refractivity contribution >= 4 is 34.7 Å². The summed E-state index contributed by atoms with van der Waals surface area (Å²) in [5, 5.41) is 15.7. The molecule has 1 amide bonds. The molecule has 0 atom stereocenters. The van der Waals surface area contributed by atoms with E-state index in [1.54, 1.807) is 12.1 Å². The van der Waals surface area contributed by atoms with E-state index >= 15 is 0 Å². The molecule has 2 heterocycles. The lowest BCUT2D eigenvalue weighted by Crippen LogP contribution is -2.24. The van der Waals surface area contributed by atoms with Gasteiger partial charge >= 0.3 is 0 Å². The van der Waals surface area contributed by atoms with Crippen molar-refractivity contribution in [1.29, 1.82) is 0 Å². The van der Waals surface area contributed by atoms with E-state index < -0.39 is 0 Å². The number of halogens is 1. The van der Waals surface area contributed by atoms with Crippen molar-refractivity contribution in [2.45, 2.75) is 6.54 Å². The minimum absolute atomic E-state index is 0.0765. The SMILES string of the molecule is O=C(Cn1nnc(-c2ccccc2)n1)N/N=C\c1ccc(I)o1. The summed E-state index contributed by atoms with van der Waals surface area (Å²) in [4.78, 5) is 13.0. The van der Waals surface area contributed by atoms with Gasteiger partial charge in [0.05, 0.1) is 6.21 Å². The maximum absolute atomic E-state index is 11.8. The molecular weight excluding hydrogens is 411 g/mol. The number of benzene rings is 1. The van der Waals surface area contributed by atoms with Crippen molar-refractivity contribution in [2.75, 3.05) is 0 Å². The molecule has 0 radical (unpaired) electrons. The number of nitrogens with one attached hydrogen (secondary N) is 1. The van der Waals surface area contributed by atoms with Crippen LogP contribution in [-0.2, 0) is 11.3 Å². The molecule has 1 N–H and O–H groups in total. The Morgan fingerprint density at radius 1 is 1.30 bits per heavy atom. The predicted octanol–water partition coefficient (Wildman–Crippen LogP) is 1.69. The molecule has 0 bridgehead atoms. The molecule has 0 saturated heterocycles. The quantitative estimate of drug-likeness (QED) is 0.384. The first-order valence-electron chi connectivity index (χ1n) is 6.61. The summed E-state index contributed by atoms with van der Waals surface area (Å²) in [6.45, 7) is -0.0765. The third-order valence-corrected chi connectivity index (χ3v) is 3.32. The molecule has 23 heavy (non-hydrogen) atoms. The van der Waals surface area contributed by atoms with E-state index in [4.69, 9.17) is 4.42 Å². The molecule has 0 fully saturated rings.